The van der Waals surface area contributed by atoms with Gasteiger partial charge in [0.25, 0.3) is 0 Å². The largest absolute Gasteiger partial charge is 0.491 e. The summed E-state index contributed by atoms with van der Waals surface area (Å²) in [5.41, 5.74) is 19.9. The first-order chi connectivity index (χ1) is 54.2. The molecule has 0 aliphatic heterocycles. The van der Waals surface area contributed by atoms with Crippen molar-refractivity contribution in [2.75, 3.05) is 42.4 Å². The highest BCUT2D eigenvalue weighted by atomic mass is 16.5. The first-order valence-electron chi connectivity index (χ1n) is 38.3. The third-order valence-electron chi connectivity index (χ3n) is 17.8. The number of aromatic amines is 3. The van der Waals surface area contributed by atoms with Crippen LogP contribution in [0.5, 0.6) is 17.2 Å². The first kappa shape index (κ1) is 82.8. The second-order valence-corrected chi connectivity index (χ2v) is 26.9. The highest BCUT2D eigenvalue weighted by Gasteiger charge is 2.23. The number of H-pyrrole nitrogens is 3. The van der Waals surface area contributed by atoms with Crippen LogP contribution in [0.3, 0.4) is 0 Å². The van der Waals surface area contributed by atoms with Crippen molar-refractivity contribution in [3.63, 3.8) is 0 Å². The number of allylic oxidation sites excluding steroid dienone is 2. The maximum absolute atomic E-state index is 13.1. The smallest absolute Gasteiger partial charge is 0.228 e. The molecular formula is C89H103N15O7. The predicted octanol–water partition coefficient (Wildman–Crippen LogP) is 18.2. The van der Waals surface area contributed by atoms with E-state index >= 15 is 0 Å². The number of hydrogen-bond donors (Lipinski definition) is 7. The van der Waals surface area contributed by atoms with Crippen LogP contribution < -0.4 is 30.2 Å². The lowest BCUT2D eigenvalue weighted by molar-refractivity contribution is -0.116. The standard InChI is InChI=1S/2C29H33N5O2.C29H31N5O2.C2H6O/c3*1-4-6-9-22-18-23(24-10-7-8-11-25(24)29-31-33-34-32-29)19-26(28(22)36-16-5-2)30-27(35)17-21-14-12-20(3)13-15-21;1-2-3/h2*7-8,10-15,18-19H,4-6,9,16-17H2,1-3H3,(H,30,35)(H,31,32,33,34);4,6-8,10-15,18-19H,5,9,16-17H2,1-3H3,(H,30,35)(H,31,32,33,34);3H,2H2,1H3/b;;6-4+;. The Balaban J connectivity index is 0.000000188. The van der Waals surface area contributed by atoms with E-state index in [1.165, 1.54) is 11.1 Å². The van der Waals surface area contributed by atoms with Gasteiger partial charge in [0.2, 0.25) is 35.2 Å². The van der Waals surface area contributed by atoms with Crippen molar-refractivity contribution in [2.45, 2.75) is 153 Å². The Kier molecular flexibility index (Phi) is 32.5. The molecule has 0 saturated carbocycles. The summed E-state index contributed by atoms with van der Waals surface area (Å²) >= 11 is 0. The summed E-state index contributed by atoms with van der Waals surface area (Å²) in [7, 11) is 0. The van der Waals surface area contributed by atoms with Crippen LogP contribution in [-0.4, -0.2) is 111 Å². The third-order valence-corrected chi connectivity index (χ3v) is 17.8. The number of hydrogen-bond acceptors (Lipinski definition) is 16. The average Bonchev–Trinajstić information content (AvgIpc) is 1.72. The molecule has 576 valence electrons. The lowest BCUT2D eigenvalue weighted by atomic mass is 9.94. The molecule has 0 bridgehead atoms. The molecule has 0 aliphatic carbocycles. The molecule has 22 nitrogen and oxygen atoms in total. The number of amides is 3. The normalized spacial score (nSPS) is 10.8. The van der Waals surface area contributed by atoms with E-state index in [2.05, 4.69) is 137 Å². The predicted molar refractivity (Wildman–Crippen MR) is 442 cm³/mol. The molecule has 12 rings (SSSR count). The Bertz CT molecular complexity index is 4690. The SMILES string of the molecule is C/C=C/Cc1cc(-c2ccccc2-c2nn[nH]n2)cc(NC(=O)Cc2ccc(C)cc2)c1OCCC.CCCCc1cc(-c2ccccc2-c2nn[nH]n2)cc(NC(=O)Cc2ccc(C)cc2)c1OCCC.CCCCc1cc(-c2ccccc2-c2nn[nH]n2)cc(NC(=O)Cc2ccc(C)cc2)c1OCCC.CCO. The van der Waals surface area contributed by atoms with Gasteiger partial charge < -0.3 is 35.3 Å². The molecule has 0 saturated heterocycles. The van der Waals surface area contributed by atoms with Crippen molar-refractivity contribution < 1.29 is 33.7 Å². The Morgan fingerprint density at radius 2 is 0.685 bits per heavy atom. The Hall–Kier alpha value is -12.3. The fraction of sp³-hybridized carbons (Fsp3) is 0.303. The van der Waals surface area contributed by atoms with E-state index in [9.17, 15) is 14.4 Å². The van der Waals surface area contributed by atoms with Crippen molar-refractivity contribution in [3.05, 3.63) is 244 Å². The van der Waals surface area contributed by atoms with Gasteiger partial charge >= 0.3 is 0 Å². The number of tetrazole rings is 3. The number of nitrogens with zero attached hydrogens (tertiary/aromatic N) is 9. The van der Waals surface area contributed by atoms with Crippen LogP contribution >= 0.6 is 0 Å². The Morgan fingerprint density at radius 1 is 0.396 bits per heavy atom. The summed E-state index contributed by atoms with van der Waals surface area (Å²) in [6.45, 7) is 22.3. The highest BCUT2D eigenvalue weighted by Crippen LogP contribution is 2.43. The maximum atomic E-state index is 13.1. The summed E-state index contributed by atoms with van der Waals surface area (Å²) in [5.74, 6) is 3.52. The molecule has 7 N–H and O–H groups in total. The molecule has 12 aromatic rings. The molecule has 111 heavy (non-hydrogen) atoms. The van der Waals surface area contributed by atoms with Gasteiger partial charge in [-0.3, -0.25) is 14.4 Å². The maximum Gasteiger partial charge on any atom is 0.228 e. The minimum absolute atomic E-state index is 0.0785. The zero-order chi connectivity index (χ0) is 78.7. The highest BCUT2D eigenvalue weighted by molar-refractivity contribution is 5.98. The number of anilines is 3. The number of nitrogens with one attached hydrogen (secondary N) is 6. The lowest BCUT2D eigenvalue weighted by Gasteiger charge is -2.19. The van der Waals surface area contributed by atoms with Gasteiger partial charge in [-0.05, 0) is 199 Å². The van der Waals surface area contributed by atoms with Gasteiger partial charge in [0.05, 0.1) is 56.1 Å². The van der Waals surface area contributed by atoms with Gasteiger partial charge in [-0.25, -0.2) is 0 Å². The van der Waals surface area contributed by atoms with E-state index < -0.39 is 0 Å². The van der Waals surface area contributed by atoms with Crippen molar-refractivity contribution in [1.82, 2.24) is 61.9 Å². The number of aryl methyl sites for hydroxylation is 5. The molecular weight excluding hydrogens is 1390 g/mol. The molecule has 0 atom stereocenters. The van der Waals surface area contributed by atoms with Gasteiger partial charge in [0.1, 0.15) is 17.2 Å². The van der Waals surface area contributed by atoms with E-state index in [1.807, 2.05) is 198 Å². The quantitative estimate of drug-likeness (QED) is 0.0193. The van der Waals surface area contributed by atoms with E-state index in [0.717, 1.165) is 158 Å². The van der Waals surface area contributed by atoms with E-state index in [-0.39, 0.29) is 30.7 Å². The molecule has 22 heteroatoms. The number of aromatic nitrogens is 12. The molecule has 0 fully saturated rings. The van der Waals surface area contributed by atoms with Crippen LogP contribution in [0.4, 0.5) is 17.1 Å². The van der Waals surface area contributed by atoms with Gasteiger partial charge in [0.15, 0.2) is 0 Å². The van der Waals surface area contributed by atoms with Crippen LogP contribution in [0, 0.1) is 20.8 Å². The number of aliphatic hydroxyl groups excluding tert-OH is 1. The molecule has 0 unspecified atom stereocenters. The second-order valence-electron chi connectivity index (χ2n) is 26.9. The summed E-state index contributed by atoms with van der Waals surface area (Å²) in [6, 6.07) is 60.3. The van der Waals surface area contributed by atoms with Gasteiger partial charge in [-0.1, -0.05) is 222 Å². The van der Waals surface area contributed by atoms with Crippen LogP contribution in [0.1, 0.15) is 143 Å². The van der Waals surface area contributed by atoms with Crippen LogP contribution in [0.25, 0.3) is 67.5 Å². The van der Waals surface area contributed by atoms with Gasteiger partial charge in [-0.15, -0.1) is 30.6 Å². The fourth-order valence-corrected chi connectivity index (χ4v) is 12.3. The van der Waals surface area contributed by atoms with E-state index in [1.54, 1.807) is 6.92 Å². The van der Waals surface area contributed by atoms with Crippen LogP contribution in [0.2, 0.25) is 0 Å². The monoisotopic (exact) mass is 1490 g/mol. The third kappa shape index (κ3) is 24.3. The topological polar surface area (TPSA) is 299 Å². The molecule has 3 amide bonds. The minimum Gasteiger partial charge on any atom is -0.491 e. The Morgan fingerprint density at radius 3 is 0.955 bits per heavy atom. The number of carbonyl (C=O) groups is 3. The summed E-state index contributed by atoms with van der Waals surface area (Å²) in [5, 5.41) is 60.9. The molecule has 3 heterocycles. The molecule has 3 aromatic heterocycles. The number of aliphatic hydroxyl groups is 1. The second kappa shape index (κ2) is 43.6. The fourth-order valence-electron chi connectivity index (χ4n) is 12.3. The minimum atomic E-state index is -0.0965. The van der Waals surface area contributed by atoms with Crippen LogP contribution in [0.15, 0.2) is 194 Å². The summed E-state index contributed by atoms with van der Waals surface area (Å²) < 4.78 is 18.6. The molecule has 0 aliphatic rings. The molecule has 0 radical (unpaired) electrons. The van der Waals surface area contributed by atoms with Gasteiger partial charge in [-0.2, -0.15) is 15.6 Å². The van der Waals surface area contributed by atoms with E-state index in [0.29, 0.717) is 79.4 Å². The first-order valence-corrected chi connectivity index (χ1v) is 38.3. The van der Waals surface area contributed by atoms with Crippen molar-refractivity contribution in [3.8, 4) is 84.8 Å². The zero-order valence-electron chi connectivity index (χ0n) is 65.4. The van der Waals surface area contributed by atoms with Gasteiger partial charge in [0, 0.05) is 28.9 Å². The Labute approximate surface area is 651 Å². The number of ether oxygens (including phenoxy) is 3. The van der Waals surface area contributed by atoms with Crippen LogP contribution in [-0.2, 0) is 52.9 Å². The number of rotatable bonds is 32. The lowest BCUT2D eigenvalue weighted by Crippen LogP contribution is -2.16. The summed E-state index contributed by atoms with van der Waals surface area (Å²) in [4.78, 5) is 39.3. The van der Waals surface area contributed by atoms with Crippen molar-refractivity contribution in [2.24, 2.45) is 0 Å². The number of carbonyl (C=O) groups excluding carboxylic acids is 3. The molecule has 9 aromatic carbocycles. The molecule has 0 spiro atoms. The summed E-state index contributed by atoms with van der Waals surface area (Å²) in [6.07, 6.45) is 14.1. The van der Waals surface area contributed by atoms with Crippen molar-refractivity contribution in [1.29, 1.82) is 0 Å². The average molecular weight is 1490 g/mol. The number of unbranched alkanes of at least 4 members (excludes halogenated alkanes) is 2. The van der Waals surface area contributed by atoms with E-state index in [4.69, 9.17) is 19.3 Å². The zero-order valence-corrected chi connectivity index (χ0v) is 65.4. The van der Waals surface area contributed by atoms with Crippen molar-refractivity contribution >= 4 is 34.8 Å². The number of benzene rings is 9.